The summed E-state index contributed by atoms with van der Waals surface area (Å²) in [6.45, 7) is 0. The Kier molecular flexibility index (Phi) is 3.35. The lowest BCUT2D eigenvalue weighted by atomic mass is 9.81. The van der Waals surface area contributed by atoms with Crippen molar-refractivity contribution in [2.45, 2.75) is 0 Å². The highest BCUT2D eigenvalue weighted by molar-refractivity contribution is 6.22. The lowest BCUT2D eigenvalue weighted by Gasteiger charge is -2.18. The van der Waals surface area contributed by atoms with Gasteiger partial charge >= 0.3 is 29.8 Å². The molecule has 0 atom stereocenters. The fourth-order valence-corrected chi connectivity index (χ4v) is 1.79. The van der Waals surface area contributed by atoms with Gasteiger partial charge in [0.05, 0.1) is 16.7 Å². The van der Waals surface area contributed by atoms with Crippen LogP contribution in [0.1, 0.15) is 0 Å². The molecule has 0 aliphatic heterocycles. The maximum absolute atomic E-state index is 11.1. The SMILES string of the molecule is O=C(O)C1=CC(C(=O)O)(C(=O)O)C(C(=O)O)=C1C(=O)O. The number of carbonyl (C=O) groups is 5. The zero-order chi connectivity index (χ0) is 15.8. The Morgan fingerprint density at radius 1 is 0.750 bits per heavy atom. The highest BCUT2D eigenvalue weighted by atomic mass is 16.4. The van der Waals surface area contributed by atoms with Crippen LogP contribution in [0, 0.1) is 5.41 Å². The molecule has 106 valence electrons. The summed E-state index contributed by atoms with van der Waals surface area (Å²) in [5.41, 5.74) is -7.40. The van der Waals surface area contributed by atoms with E-state index in [-0.39, 0.29) is 6.08 Å². The van der Waals surface area contributed by atoms with Crippen molar-refractivity contribution in [3.05, 3.63) is 22.8 Å². The fraction of sp³-hybridized carbons (Fsp3) is 0.100. The molecule has 1 aliphatic carbocycles. The van der Waals surface area contributed by atoms with Crippen molar-refractivity contribution in [1.29, 1.82) is 0 Å². The molecule has 1 aliphatic rings. The lowest BCUT2D eigenvalue weighted by Crippen LogP contribution is -2.41. The van der Waals surface area contributed by atoms with E-state index < -0.39 is 52.0 Å². The van der Waals surface area contributed by atoms with Gasteiger partial charge in [0.15, 0.2) is 0 Å². The second kappa shape index (κ2) is 4.50. The quantitative estimate of drug-likeness (QED) is 0.377. The van der Waals surface area contributed by atoms with E-state index in [0.29, 0.717) is 0 Å². The van der Waals surface area contributed by atoms with Crippen LogP contribution in [0.25, 0.3) is 0 Å². The third-order valence-electron chi connectivity index (χ3n) is 2.61. The van der Waals surface area contributed by atoms with Gasteiger partial charge < -0.3 is 25.5 Å². The molecule has 0 saturated carbocycles. The second-order valence-electron chi connectivity index (χ2n) is 3.64. The van der Waals surface area contributed by atoms with Crippen molar-refractivity contribution >= 4 is 29.8 Å². The molecule has 0 amide bonds. The first-order valence-corrected chi connectivity index (χ1v) is 4.72. The van der Waals surface area contributed by atoms with Crippen molar-refractivity contribution in [2.75, 3.05) is 0 Å². The number of rotatable bonds is 5. The highest BCUT2D eigenvalue weighted by Crippen LogP contribution is 2.42. The summed E-state index contributed by atoms with van der Waals surface area (Å²) in [6, 6.07) is 0. The normalized spacial score (nSPS) is 16.5. The monoisotopic (exact) mass is 286 g/mol. The molecule has 5 N–H and O–H groups in total. The van der Waals surface area contributed by atoms with Crippen molar-refractivity contribution in [3.8, 4) is 0 Å². The number of carboxylic acid groups (broad SMARTS) is 5. The van der Waals surface area contributed by atoms with E-state index in [2.05, 4.69) is 0 Å². The predicted octanol–water partition coefficient (Wildman–Crippen LogP) is -1.37. The Morgan fingerprint density at radius 3 is 1.45 bits per heavy atom. The molecule has 0 fully saturated rings. The Morgan fingerprint density at radius 2 is 1.20 bits per heavy atom. The average Bonchev–Trinajstić information content (AvgIpc) is 2.65. The van der Waals surface area contributed by atoms with Gasteiger partial charge in [-0.25, -0.2) is 14.4 Å². The van der Waals surface area contributed by atoms with Crippen molar-refractivity contribution < 1.29 is 49.5 Å². The zero-order valence-electron chi connectivity index (χ0n) is 9.35. The van der Waals surface area contributed by atoms with Crippen LogP contribution in [0.2, 0.25) is 0 Å². The van der Waals surface area contributed by atoms with E-state index in [0.717, 1.165) is 0 Å². The standard InChI is InChI=1S/C10H6O10/c11-5(12)2-1-10(8(17)18,9(19)20)4(7(15)16)3(2)6(13)14/h1H,(H,11,12)(H,13,14)(H,15,16)(H,17,18)(H,19,20). The maximum Gasteiger partial charge on any atom is 0.337 e. The molecule has 0 bridgehead atoms. The number of aliphatic carboxylic acids is 5. The van der Waals surface area contributed by atoms with E-state index in [4.69, 9.17) is 25.5 Å². The highest BCUT2D eigenvalue weighted by Gasteiger charge is 2.58. The predicted molar refractivity (Wildman–Crippen MR) is 55.7 cm³/mol. The third-order valence-corrected chi connectivity index (χ3v) is 2.61. The van der Waals surface area contributed by atoms with Crippen molar-refractivity contribution in [2.24, 2.45) is 5.41 Å². The van der Waals surface area contributed by atoms with Crippen molar-refractivity contribution in [1.82, 2.24) is 0 Å². The molecule has 0 unspecified atom stereocenters. The van der Waals surface area contributed by atoms with Gasteiger partial charge in [0.1, 0.15) is 0 Å². The Bertz CT molecular complexity index is 606. The van der Waals surface area contributed by atoms with E-state index >= 15 is 0 Å². The first kappa shape index (κ1) is 14.9. The molecule has 0 aromatic carbocycles. The largest absolute Gasteiger partial charge is 0.480 e. The molecule has 20 heavy (non-hydrogen) atoms. The molecule has 0 heterocycles. The first-order valence-electron chi connectivity index (χ1n) is 4.72. The molecule has 0 aromatic rings. The summed E-state index contributed by atoms with van der Waals surface area (Å²) in [4.78, 5) is 55.1. The molecule has 0 radical (unpaired) electrons. The van der Waals surface area contributed by atoms with Crippen LogP contribution in [0.15, 0.2) is 22.8 Å². The van der Waals surface area contributed by atoms with E-state index in [1.165, 1.54) is 0 Å². The zero-order valence-corrected chi connectivity index (χ0v) is 9.35. The minimum Gasteiger partial charge on any atom is -0.480 e. The van der Waals surface area contributed by atoms with Gasteiger partial charge in [-0.3, -0.25) is 9.59 Å². The van der Waals surface area contributed by atoms with Gasteiger partial charge in [-0.1, -0.05) is 0 Å². The van der Waals surface area contributed by atoms with Gasteiger partial charge in [0.2, 0.25) is 5.41 Å². The summed E-state index contributed by atoms with van der Waals surface area (Å²) in [5.74, 6) is -10.6. The summed E-state index contributed by atoms with van der Waals surface area (Å²) in [6.07, 6.45) is 0.0902. The molecule has 10 heteroatoms. The third kappa shape index (κ3) is 1.79. The molecule has 0 spiro atoms. The van der Waals surface area contributed by atoms with E-state index in [9.17, 15) is 24.0 Å². The van der Waals surface area contributed by atoms with Crippen LogP contribution in [-0.2, 0) is 24.0 Å². The minimum atomic E-state index is -3.27. The van der Waals surface area contributed by atoms with Crippen LogP contribution in [0.5, 0.6) is 0 Å². The summed E-state index contributed by atoms with van der Waals surface area (Å²) >= 11 is 0. The smallest absolute Gasteiger partial charge is 0.337 e. The Hall–Kier alpha value is -3.17. The number of hydrogen-bond donors (Lipinski definition) is 5. The Balaban J connectivity index is 3.91. The minimum absolute atomic E-state index is 0.0902. The van der Waals surface area contributed by atoms with Gasteiger partial charge in [-0.05, 0) is 6.08 Å². The van der Waals surface area contributed by atoms with Gasteiger partial charge in [-0.15, -0.1) is 0 Å². The first-order chi connectivity index (χ1) is 9.07. The molecule has 0 aromatic heterocycles. The summed E-state index contributed by atoms with van der Waals surface area (Å²) in [5, 5.41) is 44.4. The van der Waals surface area contributed by atoms with Gasteiger partial charge in [0, 0.05) is 0 Å². The molecule has 1 rings (SSSR count). The molecule has 0 saturated heterocycles. The van der Waals surface area contributed by atoms with Crippen LogP contribution >= 0.6 is 0 Å². The van der Waals surface area contributed by atoms with Gasteiger partial charge in [-0.2, -0.15) is 0 Å². The second-order valence-corrected chi connectivity index (χ2v) is 3.64. The molecular formula is C10H6O10. The average molecular weight is 286 g/mol. The van der Waals surface area contributed by atoms with Crippen molar-refractivity contribution in [3.63, 3.8) is 0 Å². The van der Waals surface area contributed by atoms with Crippen LogP contribution in [0.4, 0.5) is 0 Å². The van der Waals surface area contributed by atoms with Crippen LogP contribution in [0.3, 0.4) is 0 Å². The summed E-state index contributed by atoms with van der Waals surface area (Å²) < 4.78 is 0. The molecule has 10 nitrogen and oxygen atoms in total. The fourth-order valence-electron chi connectivity index (χ4n) is 1.79. The topological polar surface area (TPSA) is 186 Å². The number of carboxylic acids is 5. The number of hydrogen-bond acceptors (Lipinski definition) is 5. The van der Waals surface area contributed by atoms with Crippen LogP contribution in [-0.4, -0.2) is 55.4 Å². The summed E-state index contributed by atoms with van der Waals surface area (Å²) in [7, 11) is 0. The lowest BCUT2D eigenvalue weighted by molar-refractivity contribution is -0.160. The van der Waals surface area contributed by atoms with E-state index in [1.807, 2.05) is 0 Å². The molecular weight excluding hydrogens is 280 g/mol. The Labute approximate surface area is 108 Å². The van der Waals surface area contributed by atoms with E-state index in [1.54, 1.807) is 0 Å². The van der Waals surface area contributed by atoms with Gasteiger partial charge in [0.25, 0.3) is 0 Å². The van der Waals surface area contributed by atoms with Crippen LogP contribution < -0.4 is 0 Å². The maximum atomic E-state index is 11.1.